The lowest BCUT2D eigenvalue weighted by molar-refractivity contribution is -0.197. The van der Waals surface area contributed by atoms with Gasteiger partial charge in [-0.15, -0.1) is 5.06 Å². The van der Waals surface area contributed by atoms with Gasteiger partial charge in [-0.25, -0.2) is 18.4 Å². The maximum absolute atomic E-state index is 15.1. The molecule has 1 fully saturated rings. The topological polar surface area (TPSA) is 234 Å². The lowest BCUT2D eigenvalue weighted by Crippen LogP contribution is -2.56. The van der Waals surface area contributed by atoms with Crippen molar-refractivity contribution in [2.45, 2.75) is 111 Å². The summed E-state index contributed by atoms with van der Waals surface area (Å²) in [6.45, 7) is 9.07. The van der Waals surface area contributed by atoms with Gasteiger partial charge in [-0.2, -0.15) is 0 Å². The van der Waals surface area contributed by atoms with Crippen LogP contribution < -0.4 is 16.0 Å². The van der Waals surface area contributed by atoms with Crippen molar-refractivity contribution in [1.29, 1.82) is 0 Å². The van der Waals surface area contributed by atoms with E-state index in [4.69, 9.17) is 4.84 Å². The number of aromatic nitrogens is 1. The highest BCUT2D eigenvalue weighted by Gasteiger charge is 2.38. The molecule has 2 aromatic carbocycles. The van der Waals surface area contributed by atoms with Gasteiger partial charge in [0.15, 0.2) is 0 Å². The minimum atomic E-state index is -1.59. The number of carboxylic acids is 1. The summed E-state index contributed by atoms with van der Waals surface area (Å²) in [6.07, 6.45) is 0.591. The van der Waals surface area contributed by atoms with Crippen molar-refractivity contribution in [2.24, 2.45) is 11.3 Å². The Labute approximate surface area is 369 Å². The van der Waals surface area contributed by atoms with Crippen LogP contribution in [0, 0.1) is 23.0 Å². The van der Waals surface area contributed by atoms with Gasteiger partial charge in [-0.3, -0.25) is 28.8 Å². The molecule has 64 heavy (non-hydrogen) atoms. The number of hydrogen-bond donors (Lipinski definition) is 5. The fourth-order valence-electron chi connectivity index (χ4n) is 7.27. The van der Waals surface area contributed by atoms with E-state index in [-0.39, 0.29) is 57.2 Å². The van der Waals surface area contributed by atoms with Gasteiger partial charge < -0.3 is 40.5 Å². The number of carboxylic acid groups (broad SMARTS) is 1. The molecule has 0 spiro atoms. The Balaban J connectivity index is 1.47. The molecular formula is C45H56F2N6O11. The maximum Gasteiger partial charge on any atom is 0.333 e. The van der Waals surface area contributed by atoms with Crippen molar-refractivity contribution >= 4 is 47.4 Å². The van der Waals surface area contributed by atoms with Crippen LogP contribution in [-0.2, 0) is 49.7 Å². The zero-order chi connectivity index (χ0) is 47.5. The molecule has 1 saturated heterocycles. The normalized spacial score (nSPS) is 14.7. The first-order valence-corrected chi connectivity index (χ1v) is 20.9. The molecule has 1 aromatic heterocycles. The highest BCUT2D eigenvalue weighted by molar-refractivity contribution is 6.01. The van der Waals surface area contributed by atoms with Gasteiger partial charge in [0, 0.05) is 61.8 Å². The highest BCUT2D eigenvalue weighted by atomic mass is 19.1. The Kier molecular flexibility index (Phi) is 17.4. The zero-order valence-corrected chi connectivity index (χ0v) is 36.7. The Morgan fingerprint density at radius 1 is 0.875 bits per heavy atom. The summed E-state index contributed by atoms with van der Waals surface area (Å²) in [5.41, 5.74) is 0.814. The second kappa shape index (κ2) is 22.2. The summed E-state index contributed by atoms with van der Waals surface area (Å²) in [5, 5.41) is 28.2. The van der Waals surface area contributed by atoms with Crippen molar-refractivity contribution in [3.63, 3.8) is 0 Å². The van der Waals surface area contributed by atoms with Crippen LogP contribution >= 0.6 is 0 Å². The first-order chi connectivity index (χ1) is 30.1. The van der Waals surface area contributed by atoms with Crippen molar-refractivity contribution < 1.29 is 62.2 Å². The number of nitrogens with one attached hydrogen (secondary N) is 3. The average molecular weight is 895 g/mol. The van der Waals surface area contributed by atoms with Gasteiger partial charge in [0.25, 0.3) is 11.8 Å². The van der Waals surface area contributed by atoms with E-state index in [2.05, 4.69) is 16.0 Å². The third-order valence-corrected chi connectivity index (χ3v) is 10.5. The number of hydrogen-bond acceptors (Lipinski definition) is 10. The van der Waals surface area contributed by atoms with E-state index in [1.54, 1.807) is 30.7 Å². The predicted molar refractivity (Wildman–Crippen MR) is 226 cm³/mol. The first-order valence-electron chi connectivity index (χ1n) is 20.9. The molecule has 2 heterocycles. The van der Waals surface area contributed by atoms with Gasteiger partial charge in [0.1, 0.15) is 36.4 Å². The Hall–Kier alpha value is -6.50. The van der Waals surface area contributed by atoms with Crippen LogP contribution in [0.4, 0.5) is 8.78 Å². The van der Waals surface area contributed by atoms with Crippen LogP contribution in [0.2, 0.25) is 0 Å². The second-order valence-corrected chi connectivity index (χ2v) is 17.0. The van der Waals surface area contributed by atoms with Gasteiger partial charge >= 0.3 is 11.9 Å². The van der Waals surface area contributed by atoms with E-state index in [1.807, 2.05) is 51.1 Å². The van der Waals surface area contributed by atoms with Crippen LogP contribution in [0.3, 0.4) is 0 Å². The summed E-state index contributed by atoms with van der Waals surface area (Å²) >= 11 is 0. The SMILES string of the molecule is CC(C)[C@H](NC(=O)CCCC(=O)ON1C(=O)CCC1=O)C(=O)N[C@@H](C)C(=O)N[C@@H](CCN(C(=O)CO)[C@@H](c1cc(-c2cc(F)ccc2F)cn1Cc1ccccc1)C(C)(C)C)C(=O)O. The van der Waals surface area contributed by atoms with Crippen LogP contribution in [0.1, 0.15) is 97.4 Å². The molecule has 19 heteroatoms. The van der Waals surface area contributed by atoms with Gasteiger partial charge in [0.2, 0.25) is 23.6 Å². The van der Waals surface area contributed by atoms with E-state index in [0.29, 0.717) is 16.3 Å². The van der Waals surface area contributed by atoms with Crippen molar-refractivity contribution in [3.05, 3.63) is 83.7 Å². The molecule has 0 bridgehead atoms. The Morgan fingerprint density at radius 3 is 2.12 bits per heavy atom. The number of aliphatic hydroxyl groups is 1. The lowest BCUT2D eigenvalue weighted by Gasteiger charge is -2.41. The Bertz CT molecular complexity index is 2190. The monoisotopic (exact) mass is 894 g/mol. The number of benzene rings is 2. The quantitative estimate of drug-likeness (QED) is 0.0966. The third kappa shape index (κ3) is 13.5. The van der Waals surface area contributed by atoms with Gasteiger partial charge in [0.05, 0.1) is 6.04 Å². The third-order valence-electron chi connectivity index (χ3n) is 10.5. The lowest BCUT2D eigenvalue weighted by atomic mass is 9.82. The molecule has 3 aromatic rings. The van der Waals surface area contributed by atoms with Gasteiger partial charge in [-0.1, -0.05) is 65.0 Å². The van der Waals surface area contributed by atoms with Crippen molar-refractivity contribution in [2.75, 3.05) is 13.2 Å². The van der Waals surface area contributed by atoms with Crippen LogP contribution in [0.25, 0.3) is 11.1 Å². The smallest absolute Gasteiger partial charge is 0.333 e. The van der Waals surface area contributed by atoms with Crippen LogP contribution in [-0.4, -0.2) is 103 Å². The molecule has 0 saturated carbocycles. The predicted octanol–water partition coefficient (Wildman–Crippen LogP) is 3.77. The highest BCUT2D eigenvalue weighted by Crippen LogP contribution is 2.41. The number of amides is 6. The number of imide groups is 1. The molecule has 6 amide bonds. The fourth-order valence-corrected chi connectivity index (χ4v) is 7.27. The van der Waals surface area contributed by atoms with E-state index in [0.717, 1.165) is 23.8 Å². The molecule has 0 radical (unpaired) electrons. The minimum Gasteiger partial charge on any atom is -0.480 e. The summed E-state index contributed by atoms with van der Waals surface area (Å²) in [6, 6.07) is 9.02. The Morgan fingerprint density at radius 2 is 1.53 bits per heavy atom. The van der Waals surface area contributed by atoms with E-state index >= 15 is 4.39 Å². The molecule has 4 atom stereocenters. The average Bonchev–Trinajstić information content (AvgIpc) is 3.78. The number of carbonyl (C=O) groups is 8. The van der Waals surface area contributed by atoms with Crippen molar-refractivity contribution in [3.8, 4) is 11.1 Å². The summed E-state index contributed by atoms with van der Waals surface area (Å²) in [4.78, 5) is 107. The molecule has 17 nitrogen and oxygen atoms in total. The van der Waals surface area contributed by atoms with Crippen LogP contribution in [0.15, 0.2) is 60.8 Å². The number of halogens is 2. The van der Waals surface area contributed by atoms with Crippen LogP contribution in [0.5, 0.6) is 0 Å². The molecule has 4 rings (SSSR count). The largest absolute Gasteiger partial charge is 0.480 e. The fraction of sp³-hybridized carbons (Fsp3) is 0.467. The number of aliphatic hydroxyl groups excluding tert-OH is 1. The first kappa shape index (κ1) is 50.1. The molecular weight excluding hydrogens is 839 g/mol. The maximum atomic E-state index is 15.1. The van der Waals surface area contributed by atoms with Crippen molar-refractivity contribution in [1.82, 2.24) is 30.5 Å². The van der Waals surface area contributed by atoms with E-state index in [9.17, 15) is 53.0 Å². The molecule has 0 aliphatic carbocycles. The standard InChI is InChI=1S/C45H56F2N6O11/c1-26(2)40(50-35(55)13-10-14-39(59)64-53-36(56)17-18-37(53)57)43(61)48-27(3)42(60)49-33(44(62)63)19-20-52(38(58)25-54)41(45(4,5)6)34-21-29(31-22-30(46)15-16-32(31)47)24-51(34)23-28-11-8-7-9-12-28/h7-9,11-12,15-16,21-22,24,26-27,33,40-41,54H,10,13-14,17-20,23,25H2,1-6H3,(H,48,61)(H,49,60)(H,50,55)(H,62,63)/t27-,33-,40-,41-/m0/s1. The number of aliphatic carboxylic acids is 1. The number of carbonyl (C=O) groups excluding carboxylic acids is 7. The molecule has 346 valence electrons. The summed E-state index contributed by atoms with van der Waals surface area (Å²) in [5.74, 6) is -8.48. The second-order valence-electron chi connectivity index (χ2n) is 17.0. The molecule has 1 aliphatic heterocycles. The molecule has 5 N–H and O–H groups in total. The summed E-state index contributed by atoms with van der Waals surface area (Å²) in [7, 11) is 0. The number of rotatable bonds is 21. The zero-order valence-electron chi connectivity index (χ0n) is 36.7. The number of hydroxylamine groups is 2. The number of nitrogens with zero attached hydrogens (tertiary/aromatic N) is 3. The minimum absolute atomic E-state index is 0.0227. The van der Waals surface area contributed by atoms with E-state index in [1.165, 1.54) is 11.8 Å². The van der Waals surface area contributed by atoms with Gasteiger partial charge in [-0.05, 0) is 60.9 Å². The van der Waals surface area contributed by atoms with E-state index < -0.39 is 101 Å². The molecule has 1 aliphatic rings. The molecule has 0 unspecified atom stereocenters. The summed E-state index contributed by atoms with van der Waals surface area (Å²) < 4.78 is 31.3.